The normalized spacial score (nSPS) is 10.6. The van der Waals surface area contributed by atoms with Crippen molar-refractivity contribution in [1.82, 2.24) is 9.97 Å². The summed E-state index contributed by atoms with van der Waals surface area (Å²) in [6.07, 6.45) is 2.21. The average Bonchev–Trinajstić information content (AvgIpc) is 2.20. The van der Waals surface area contributed by atoms with Crippen LogP contribution in [0.3, 0.4) is 0 Å². The third kappa shape index (κ3) is 3.77. The Labute approximate surface area is 100 Å². The molecule has 1 heterocycles. The number of carbonyl (C=O) groups is 1. The summed E-state index contributed by atoms with van der Waals surface area (Å²) in [6.45, 7) is 4.00. The van der Waals surface area contributed by atoms with Gasteiger partial charge in [-0.2, -0.15) is 4.98 Å². The van der Waals surface area contributed by atoms with Crippen molar-refractivity contribution in [3.05, 3.63) is 16.9 Å². The van der Waals surface area contributed by atoms with Crippen molar-refractivity contribution < 1.29 is 9.53 Å². The average molecular weight is 243 g/mol. The third-order valence-corrected chi connectivity index (χ3v) is 2.29. The number of hydrogen-bond donors (Lipinski definition) is 0. The fourth-order valence-electron chi connectivity index (χ4n) is 1.32. The number of methoxy groups -OCH3 is 1. The predicted molar refractivity (Wildman–Crippen MR) is 61.8 cm³/mol. The Hall–Kier alpha value is -1.16. The summed E-state index contributed by atoms with van der Waals surface area (Å²) in [6, 6.07) is 0.233. The molecule has 0 fully saturated rings. The van der Waals surface area contributed by atoms with Crippen LogP contribution < -0.4 is 4.74 Å². The Morgan fingerprint density at radius 2 is 2.25 bits per heavy atom. The molecule has 88 valence electrons. The van der Waals surface area contributed by atoms with Gasteiger partial charge in [-0.05, 0) is 5.92 Å². The number of hydrogen-bond acceptors (Lipinski definition) is 4. The largest absolute Gasteiger partial charge is 0.467 e. The van der Waals surface area contributed by atoms with Crippen molar-refractivity contribution in [2.45, 2.75) is 26.7 Å². The summed E-state index contributed by atoms with van der Waals surface area (Å²) in [4.78, 5) is 19.5. The highest BCUT2D eigenvalue weighted by atomic mass is 35.5. The molecule has 0 radical (unpaired) electrons. The lowest BCUT2D eigenvalue weighted by Gasteiger charge is -2.06. The SMILES string of the molecule is COc1ncc(Cl)c(CC(=O)CC(C)C)n1. The number of halogens is 1. The van der Waals surface area contributed by atoms with Gasteiger partial charge in [0.05, 0.1) is 30.4 Å². The third-order valence-electron chi connectivity index (χ3n) is 1.98. The lowest BCUT2D eigenvalue weighted by molar-refractivity contribution is -0.119. The van der Waals surface area contributed by atoms with E-state index in [9.17, 15) is 4.79 Å². The van der Waals surface area contributed by atoms with Crippen LogP contribution in [0.4, 0.5) is 0 Å². The zero-order valence-corrected chi connectivity index (χ0v) is 10.4. The van der Waals surface area contributed by atoms with Crippen LogP contribution in [0.5, 0.6) is 6.01 Å². The van der Waals surface area contributed by atoms with E-state index in [1.165, 1.54) is 13.3 Å². The first-order valence-corrected chi connectivity index (χ1v) is 5.47. The number of nitrogens with zero attached hydrogens (tertiary/aromatic N) is 2. The van der Waals surface area contributed by atoms with E-state index in [2.05, 4.69) is 9.97 Å². The van der Waals surface area contributed by atoms with E-state index in [-0.39, 0.29) is 18.2 Å². The predicted octanol–water partition coefficient (Wildman–Crippen LogP) is 2.30. The molecule has 0 spiro atoms. The molecule has 0 bridgehead atoms. The Bertz CT molecular complexity index is 380. The van der Waals surface area contributed by atoms with Crippen molar-refractivity contribution >= 4 is 17.4 Å². The van der Waals surface area contributed by atoms with Crippen molar-refractivity contribution in [3.63, 3.8) is 0 Å². The molecule has 0 unspecified atom stereocenters. The lowest BCUT2D eigenvalue weighted by Crippen LogP contribution is -2.09. The molecule has 0 saturated heterocycles. The first kappa shape index (κ1) is 12.9. The molecule has 1 rings (SSSR count). The van der Waals surface area contributed by atoms with Gasteiger partial charge in [0.15, 0.2) is 0 Å². The summed E-state index contributed by atoms with van der Waals surface area (Å²) >= 11 is 5.90. The highest BCUT2D eigenvalue weighted by molar-refractivity contribution is 6.31. The quantitative estimate of drug-likeness (QED) is 0.795. The van der Waals surface area contributed by atoms with Gasteiger partial charge < -0.3 is 4.74 Å². The van der Waals surface area contributed by atoms with Gasteiger partial charge in [-0.25, -0.2) is 4.98 Å². The second-order valence-corrected chi connectivity index (χ2v) is 4.37. The van der Waals surface area contributed by atoms with E-state index in [1.54, 1.807) is 0 Å². The number of carbonyl (C=O) groups excluding carboxylic acids is 1. The van der Waals surface area contributed by atoms with E-state index in [0.717, 1.165) is 0 Å². The summed E-state index contributed by atoms with van der Waals surface area (Å²) in [7, 11) is 1.48. The summed E-state index contributed by atoms with van der Waals surface area (Å²) in [5, 5.41) is 0.401. The number of aromatic nitrogens is 2. The molecular weight excluding hydrogens is 228 g/mol. The smallest absolute Gasteiger partial charge is 0.316 e. The zero-order chi connectivity index (χ0) is 12.1. The molecule has 0 atom stereocenters. The maximum atomic E-state index is 11.6. The molecule has 1 aromatic heterocycles. The maximum absolute atomic E-state index is 11.6. The van der Waals surface area contributed by atoms with Crippen LogP contribution in [0.25, 0.3) is 0 Å². The summed E-state index contributed by atoms with van der Waals surface area (Å²) < 4.78 is 4.88. The van der Waals surface area contributed by atoms with E-state index in [1.807, 2.05) is 13.8 Å². The summed E-state index contributed by atoms with van der Waals surface area (Å²) in [5.41, 5.74) is 0.527. The number of rotatable bonds is 5. The monoisotopic (exact) mass is 242 g/mol. The topological polar surface area (TPSA) is 52.1 Å². The van der Waals surface area contributed by atoms with E-state index in [0.29, 0.717) is 23.1 Å². The first-order valence-electron chi connectivity index (χ1n) is 5.10. The first-order chi connectivity index (χ1) is 7.52. The minimum Gasteiger partial charge on any atom is -0.467 e. The summed E-state index contributed by atoms with van der Waals surface area (Å²) in [5.74, 6) is 0.465. The lowest BCUT2D eigenvalue weighted by atomic mass is 10.0. The molecule has 0 aliphatic heterocycles. The van der Waals surface area contributed by atoms with Gasteiger partial charge >= 0.3 is 6.01 Å². The maximum Gasteiger partial charge on any atom is 0.316 e. The number of Topliss-reactive ketones (excluding diaryl/α,β-unsaturated/α-hetero) is 1. The molecule has 5 heteroatoms. The van der Waals surface area contributed by atoms with Gasteiger partial charge in [-0.3, -0.25) is 4.79 Å². The van der Waals surface area contributed by atoms with Crippen molar-refractivity contribution in [1.29, 1.82) is 0 Å². The van der Waals surface area contributed by atoms with Gasteiger partial charge in [-0.15, -0.1) is 0 Å². The van der Waals surface area contributed by atoms with Crippen LogP contribution in [0.15, 0.2) is 6.20 Å². The van der Waals surface area contributed by atoms with Crippen molar-refractivity contribution in [2.24, 2.45) is 5.92 Å². The highest BCUT2D eigenvalue weighted by Gasteiger charge is 2.12. The van der Waals surface area contributed by atoms with Gasteiger partial charge in [0.25, 0.3) is 0 Å². The van der Waals surface area contributed by atoms with Crippen molar-refractivity contribution in [2.75, 3.05) is 7.11 Å². The Kier molecular flexibility index (Phi) is 4.68. The minimum absolute atomic E-state index is 0.123. The number of ether oxygens (including phenoxy) is 1. The molecule has 0 saturated carbocycles. The molecular formula is C11H15ClN2O2. The molecule has 0 aromatic carbocycles. The van der Waals surface area contributed by atoms with Gasteiger partial charge in [-0.1, -0.05) is 25.4 Å². The minimum atomic E-state index is 0.123. The Balaban J connectivity index is 2.75. The van der Waals surface area contributed by atoms with Crippen LogP contribution in [0, 0.1) is 5.92 Å². The van der Waals surface area contributed by atoms with Gasteiger partial charge in [0, 0.05) is 6.42 Å². The van der Waals surface area contributed by atoms with E-state index < -0.39 is 0 Å². The molecule has 0 N–H and O–H groups in total. The standard InChI is InChI=1S/C11H15ClN2O2/c1-7(2)4-8(15)5-10-9(12)6-13-11(14-10)16-3/h6-7H,4-5H2,1-3H3. The van der Waals surface area contributed by atoms with Crippen LogP contribution in [-0.2, 0) is 11.2 Å². The van der Waals surface area contributed by atoms with E-state index >= 15 is 0 Å². The zero-order valence-electron chi connectivity index (χ0n) is 9.66. The Morgan fingerprint density at radius 1 is 1.56 bits per heavy atom. The van der Waals surface area contributed by atoms with Gasteiger partial charge in [0.1, 0.15) is 5.78 Å². The second-order valence-electron chi connectivity index (χ2n) is 3.96. The fraction of sp³-hybridized carbons (Fsp3) is 0.545. The van der Waals surface area contributed by atoms with Crippen molar-refractivity contribution in [3.8, 4) is 6.01 Å². The van der Waals surface area contributed by atoms with Gasteiger partial charge in [0.2, 0.25) is 0 Å². The van der Waals surface area contributed by atoms with Crippen LogP contribution in [-0.4, -0.2) is 22.9 Å². The highest BCUT2D eigenvalue weighted by Crippen LogP contribution is 2.17. The Morgan fingerprint density at radius 3 is 2.81 bits per heavy atom. The molecule has 1 aromatic rings. The fourth-order valence-corrected chi connectivity index (χ4v) is 1.48. The number of ketones is 1. The van der Waals surface area contributed by atoms with Crippen LogP contribution in [0.1, 0.15) is 26.0 Å². The molecule has 0 aliphatic carbocycles. The van der Waals surface area contributed by atoms with Crippen LogP contribution in [0.2, 0.25) is 5.02 Å². The molecule has 4 nitrogen and oxygen atoms in total. The molecule has 16 heavy (non-hydrogen) atoms. The molecule has 0 amide bonds. The van der Waals surface area contributed by atoms with E-state index in [4.69, 9.17) is 16.3 Å². The second kappa shape index (κ2) is 5.80. The van der Waals surface area contributed by atoms with Crippen LogP contribution >= 0.6 is 11.6 Å². The molecule has 0 aliphatic rings.